The van der Waals surface area contributed by atoms with Crippen LogP contribution in [0, 0.1) is 6.92 Å². The minimum Gasteiger partial charge on any atom is -0.507 e. The molecule has 1 fully saturated rings. The van der Waals surface area contributed by atoms with E-state index in [1.165, 1.54) is 18.4 Å². The van der Waals surface area contributed by atoms with Crippen molar-refractivity contribution in [1.82, 2.24) is 5.32 Å². The molecular weight excluding hydrogens is 210 g/mol. The molecule has 1 aromatic rings. The van der Waals surface area contributed by atoms with Crippen molar-refractivity contribution in [2.24, 2.45) is 0 Å². The molecule has 1 saturated heterocycles. The minimum absolute atomic E-state index is 0.334. The molecule has 1 aliphatic rings. The Bertz CT molecular complexity index is 392. The van der Waals surface area contributed by atoms with Gasteiger partial charge < -0.3 is 10.4 Å². The number of hydrogen-bond acceptors (Lipinski definition) is 2. The van der Waals surface area contributed by atoms with Crippen LogP contribution >= 0.6 is 0 Å². The second-order valence-corrected chi connectivity index (χ2v) is 5.39. The maximum absolute atomic E-state index is 10.3. The van der Waals surface area contributed by atoms with Crippen LogP contribution in [0.2, 0.25) is 0 Å². The summed E-state index contributed by atoms with van der Waals surface area (Å²) in [7, 11) is 0. The third-order valence-corrected chi connectivity index (χ3v) is 3.73. The third-order valence-electron chi connectivity index (χ3n) is 3.73. The number of aryl methyl sites for hydroxylation is 1. The van der Waals surface area contributed by atoms with Crippen molar-refractivity contribution in [2.45, 2.75) is 52.0 Å². The highest BCUT2D eigenvalue weighted by atomic mass is 16.3. The predicted octanol–water partition coefficient (Wildman–Crippen LogP) is 3.64. The number of piperidine rings is 1. The number of phenols is 1. The highest BCUT2D eigenvalue weighted by molar-refractivity contribution is 5.48. The summed E-state index contributed by atoms with van der Waals surface area (Å²) in [5.41, 5.74) is 3.41. The van der Waals surface area contributed by atoms with E-state index in [0.717, 1.165) is 24.1 Å². The van der Waals surface area contributed by atoms with Gasteiger partial charge >= 0.3 is 0 Å². The van der Waals surface area contributed by atoms with Crippen LogP contribution in [0.3, 0.4) is 0 Å². The first kappa shape index (κ1) is 12.4. The van der Waals surface area contributed by atoms with Crippen LogP contribution in [-0.4, -0.2) is 11.7 Å². The minimum atomic E-state index is 0.334. The Morgan fingerprint density at radius 2 is 2.06 bits per heavy atom. The standard InChI is InChI=1S/C15H23NO/c1-10(2)12-8-7-11(3)15(17)14(12)13-6-4-5-9-16-13/h7-8,10,13,16-17H,4-6,9H2,1-3H3. The van der Waals surface area contributed by atoms with Gasteiger partial charge in [0.25, 0.3) is 0 Å². The molecule has 0 saturated carbocycles. The Hall–Kier alpha value is -1.02. The highest BCUT2D eigenvalue weighted by Crippen LogP contribution is 2.37. The molecule has 2 rings (SSSR count). The van der Waals surface area contributed by atoms with Crippen molar-refractivity contribution in [3.8, 4) is 5.75 Å². The summed E-state index contributed by atoms with van der Waals surface area (Å²) in [5.74, 6) is 0.954. The quantitative estimate of drug-likeness (QED) is 0.817. The van der Waals surface area contributed by atoms with Gasteiger partial charge in [-0.05, 0) is 43.4 Å². The summed E-state index contributed by atoms with van der Waals surface area (Å²) < 4.78 is 0. The summed E-state index contributed by atoms with van der Waals surface area (Å²) in [6, 6.07) is 4.53. The van der Waals surface area contributed by atoms with E-state index in [-0.39, 0.29) is 0 Å². The van der Waals surface area contributed by atoms with Gasteiger partial charge in [0.15, 0.2) is 0 Å². The zero-order valence-corrected chi connectivity index (χ0v) is 11.1. The first-order valence-corrected chi connectivity index (χ1v) is 6.67. The summed E-state index contributed by atoms with van der Waals surface area (Å²) in [6.45, 7) is 7.42. The molecule has 1 atom stereocenters. The van der Waals surface area contributed by atoms with Crippen LogP contribution in [0.1, 0.15) is 61.8 Å². The zero-order chi connectivity index (χ0) is 12.4. The molecule has 0 spiro atoms. The van der Waals surface area contributed by atoms with E-state index in [0.29, 0.717) is 17.7 Å². The van der Waals surface area contributed by atoms with E-state index < -0.39 is 0 Å². The molecular formula is C15H23NO. The molecule has 2 heteroatoms. The van der Waals surface area contributed by atoms with Crippen molar-refractivity contribution in [1.29, 1.82) is 0 Å². The lowest BCUT2D eigenvalue weighted by Crippen LogP contribution is -2.28. The third kappa shape index (κ3) is 2.47. The SMILES string of the molecule is Cc1ccc(C(C)C)c(C2CCCCN2)c1O. The summed E-state index contributed by atoms with van der Waals surface area (Å²) >= 11 is 0. The van der Waals surface area contributed by atoms with Crippen molar-refractivity contribution >= 4 is 0 Å². The average Bonchev–Trinajstić information content (AvgIpc) is 2.33. The Kier molecular flexibility index (Phi) is 3.72. The fraction of sp³-hybridized carbons (Fsp3) is 0.600. The fourth-order valence-electron chi connectivity index (χ4n) is 2.70. The van der Waals surface area contributed by atoms with Gasteiger partial charge in [0, 0.05) is 11.6 Å². The molecule has 1 heterocycles. The Morgan fingerprint density at radius 3 is 2.65 bits per heavy atom. The monoisotopic (exact) mass is 233 g/mol. The summed E-state index contributed by atoms with van der Waals surface area (Å²) in [5, 5.41) is 13.9. The van der Waals surface area contributed by atoms with Crippen molar-refractivity contribution in [2.75, 3.05) is 6.54 Å². The van der Waals surface area contributed by atoms with Crippen molar-refractivity contribution < 1.29 is 5.11 Å². The maximum atomic E-state index is 10.3. The molecule has 0 radical (unpaired) electrons. The molecule has 2 N–H and O–H groups in total. The zero-order valence-electron chi connectivity index (χ0n) is 11.1. The molecule has 0 bridgehead atoms. The van der Waals surface area contributed by atoms with Crippen molar-refractivity contribution in [3.05, 3.63) is 28.8 Å². The lowest BCUT2D eigenvalue weighted by molar-refractivity contribution is 0.386. The molecule has 94 valence electrons. The van der Waals surface area contributed by atoms with Gasteiger partial charge in [-0.25, -0.2) is 0 Å². The lowest BCUT2D eigenvalue weighted by atomic mass is 9.87. The molecule has 0 aliphatic carbocycles. The van der Waals surface area contributed by atoms with E-state index in [1.54, 1.807) is 0 Å². The molecule has 1 aromatic carbocycles. The van der Waals surface area contributed by atoms with Gasteiger partial charge in [0.1, 0.15) is 5.75 Å². The molecule has 1 unspecified atom stereocenters. The smallest absolute Gasteiger partial charge is 0.123 e. The molecule has 17 heavy (non-hydrogen) atoms. The second-order valence-electron chi connectivity index (χ2n) is 5.39. The van der Waals surface area contributed by atoms with E-state index in [4.69, 9.17) is 0 Å². The van der Waals surface area contributed by atoms with Crippen molar-refractivity contribution in [3.63, 3.8) is 0 Å². The van der Waals surface area contributed by atoms with Gasteiger partial charge in [0.2, 0.25) is 0 Å². The fourth-order valence-corrected chi connectivity index (χ4v) is 2.70. The topological polar surface area (TPSA) is 32.3 Å². The van der Waals surface area contributed by atoms with Crippen LogP contribution in [0.25, 0.3) is 0 Å². The van der Waals surface area contributed by atoms with Crippen LogP contribution in [0.4, 0.5) is 0 Å². The van der Waals surface area contributed by atoms with Crippen LogP contribution in [-0.2, 0) is 0 Å². The maximum Gasteiger partial charge on any atom is 0.123 e. The van der Waals surface area contributed by atoms with Gasteiger partial charge in [0.05, 0.1) is 0 Å². The van der Waals surface area contributed by atoms with Gasteiger partial charge in [-0.3, -0.25) is 0 Å². The van der Waals surface area contributed by atoms with Gasteiger partial charge in [-0.15, -0.1) is 0 Å². The van der Waals surface area contributed by atoms with E-state index >= 15 is 0 Å². The highest BCUT2D eigenvalue weighted by Gasteiger charge is 2.23. The van der Waals surface area contributed by atoms with E-state index in [2.05, 4.69) is 25.2 Å². The Balaban J connectivity index is 2.44. The largest absolute Gasteiger partial charge is 0.507 e. The molecule has 2 nitrogen and oxygen atoms in total. The van der Waals surface area contributed by atoms with E-state index in [9.17, 15) is 5.11 Å². The van der Waals surface area contributed by atoms with Gasteiger partial charge in [-0.2, -0.15) is 0 Å². The number of rotatable bonds is 2. The number of hydrogen-bond donors (Lipinski definition) is 2. The summed E-state index contributed by atoms with van der Waals surface area (Å²) in [4.78, 5) is 0. The van der Waals surface area contributed by atoms with Crippen LogP contribution < -0.4 is 5.32 Å². The Morgan fingerprint density at radius 1 is 1.29 bits per heavy atom. The number of phenolic OH excluding ortho intramolecular Hbond substituents is 1. The first-order chi connectivity index (χ1) is 8.11. The normalized spacial score (nSPS) is 20.8. The summed E-state index contributed by atoms with van der Waals surface area (Å²) in [6.07, 6.45) is 3.64. The molecule has 1 aliphatic heterocycles. The van der Waals surface area contributed by atoms with E-state index in [1.807, 2.05) is 13.0 Å². The van der Waals surface area contributed by atoms with Gasteiger partial charge in [-0.1, -0.05) is 32.4 Å². The first-order valence-electron chi connectivity index (χ1n) is 6.67. The number of aromatic hydroxyl groups is 1. The van der Waals surface area contributed by atoms with Crippen LogP contribution in [0.5, 0.6) is 5.75 Å². The second kappa shape index (κ2) is 5.09. The number of benzene rings is 1. The predicted molar refractivity (Wildman–Crippen MR) is 71.5 cm³/mol. The molecule has 0 aromatic heterocycles. The average molecular weight is 233 g/mol. The molecule has 0 amide bonds. The van der Waals surface area contributed by atoms with Crippen LogP contribution in [0.15, 0.2) is 12.1 Å². The number of nitrogens with one attached hydrogen (secondary N) is 1. The lowest BCUT2D eigenvalue weighted by Gasteiger charge is -2.28. The Labute approximate surface area is 104 Å².